The Labute approximate surface area is 116 Å². The van der Waals surface area contributed by atoms with Crippen molar-refractivity contribution in [3.8, 4) is 0 Å². The molecule has 2 rings (SSSR count). The van der Waals surface area contributed by atoms with Gasteiger partial charge in [0.15, 0.2) is 0 Å². The van der Waals surface area contributed by atoms with E-state index < -0.39 is 5.97 Å². The molecule has 0 amide bonds. The van der Waals surface area contributed by atoms with Gasteiger partial charge in [0.2, 0.25) is 5.76 Å². The summed E-state index contributed by atoms with van der Waals surface area (Å²) in [5, 5.41) is 13.3. The molecule has 5 heteroatoms. The summed E-state index contributed by atoms with van der Waals surface area (Å²) in [5.74, 6) is 0.126. The first-order valence-corrected chi connectivity index (χ1v) is 7.56. The largest absolute Gasteiger partial charge is 0.475 e. The van der Waals surface area contributed by atoms with E-state index in [1.165, 1.54) is 0 Å². The monoisotopic (exact) mass is 279 g/mol. The van der Waals surface area contributed by atoms with E-state index in [0.29, 0.717) is 12.1 Å². The van der Waals surface area contributed by atoms with Crippen molar-refractivity contribution in [3.05, 3.63) is 35.6 Å². The van der Waals surface area contributed by atoms with Crippen LogP contribution in [0.3, 0.4) is 0 Å². The van der Waals surface area contributed by atoms with Gasteiger partial charge in [-0.2, -0.15) is 11.8 Å². The van der Waals surface area contributed by atoms with Gasteiger partial charge >= 0.3 is 5.97 Å². The van der Waals surface area contributed by atoms with Gasteiger partial charge in [-0.1, -0.05) is 18.2 Å². The summed E-state index contributed by atoms with van der Waals surface area (Å²) < 4.78 is 5.40. The fourth-order valence-electron chi connectivity index (χ4n) is 2.00. The number of fused-ring (bicyclic) bond motifs is 1. The maximum absolute atomic E-state index is 11.2. The summed E-state index contributed by atoms with van der Waals surface area (Å²) in [7, 11) is 0. The number of aromatic carboxylic acids is 1. The highest BCUT2D eigenvalue weighted by molar-refractivity contribution is 7.98. The minimum Gasteiger partial charge on any atom is -0.475 e. The zero-order valence-corrected chi connectivity index (χ0v) is 11.6. The average molecular weight is 279 g/mol. The van der Waals surface area contributed by atoms with Crippen LogP contribution in [0.2, 0.25) is 0 Å². The molecule has 0 unspecified atom stereocenters. The zero-order chi connectivity index (χ0) is 13.7. The SMILES string of the molecule is CSCCCNCc1c(C(=O)O)oc2ccccc12. The molecule has 1 aromatic carbocycles. The maximum Gasteiger partial charge on any atom is 0.372 e. The zero-order valence-electron chi connectivity index (χ0n) is 10.8. The Morgan fingerprint density at radius 3 is 2.95 bits per heavy atom. The molecular formula is C14H17NO3S. The molecule has 0 aliphatic heterocycles. The number of carboxylic acids is 1. The van der Waals surface area contributed by atoms with E-state index in [0.717, 1.165) is 29.7 Å². The second-order valence-corrected chi connectivity index (χ2v) is 5.22. The fourth-order valence-corrected chi connectivity index (χ4v) is 2.43. The van der Waals surface area contributed by atoms with Gasteiger partial charge in [-0.3, -0.25) is 0 Å². The van der Waals surface area contributed by atoms with E-state index >= 15 is 0 Å². The number of benzene rings is 1. The molecule has 2 N–H and O–H groups in total. The van der Waals surface area contributed by atoms with Crippen LogP contribution in [0.15, 0.2) is 28.7 Å². The van der Waals surface area contributed by atoms with Gasteiger partial charge in [-0.25, -0.2) is 4.79 Å². The molecule has 1 aromatic heterocycles. The minimum atomic E-state index is -1.02. The summed E-state index contributed by atoms with van der Waals surface area (Å²) in [6.07, 6.45) is 3.14. The molecule has 1 heterocycles. The lowest BCUT2D eigenvalue weighted by Gasteiger charge is -2.03. The lowest BCUT2D eigenvalue weighted by Crippen LogP contribution is -2.16. The molecule has 0 aliphatic carbocycles. The Kier molecular flexibility index (Phi) is 4.87. The van der Waals surface area contributed by atoms with Crippen LogP contribution in [-0.2, 0) is 6.54 Å². The maximum atomic E-state index is 11.2. The van der Waals surface area contributed by atoms with Crippen LogP contribution in [0.4, 0.5) is 0 Å². The summed E-state index contributed by atoms with van der Waals surface area (Å²) in [4.78, 5) is 11.2. The third kappa shape index (κ3) is 3.30. The first kappa shape index (κ1) is 14.0. The molecule has 19 heavy (non-hydrogen) atoms. The second-order valence-electron chi connectivity index (χ2n) is 4.23. The quantitative estimate of drug-likeness (QED) is 0.763. The van der Waals surface area contributed by atoms with Gasteiger partial charge in [0.1, 0.15) is 5.58 Å². The number of carboxylic acid groups (broad SMARTS) is 1. The number of para-hydroxylation sites is 1. The van der Waals surface area contributed by atoms with E-state index in [-0.39, 0.29) is 5.76 Å². The summed E-state index contributed by atoms with van der Waals surface area (Å²) in [5.41, 5.74) is 1.35. The van der Waals surface area contributed by atoms with Gasteiger partial charge in [-0.05, 0) is 31.0 Å². The summed E-state index contributed by atoms with van der Waals surface area (Å²) >= 11 is 1.81. The van der Waals surface area contributed by atoms with Crippen LogP contribution in [0.1, 0.15) is 22.5 Å². The Morgan fingerprint density at radius 1 is 1.42 bits per heavy atom. The van der Waals surface area contributed by atoms with Crippen LogP contribution in [0.25, 0.3) is 11.0 Å². The number of carbonyl (C=O) groups is 1. The third-order valence-corrected chi connectivity index (χ3v) is 3.59. The molecule has 0 bridgehead atoms. The highest BCUT2D eigenvalue weighted by atomic mass is 32.2. The van der Waals surface area contributed by atoms with Crippen LogP contribution in [0, 0.1) is 0 Å². The Bertz CT molecular complexity index is 565. The van der Waals surface area contributed by atoms with E-state index in [2.05, 4.69) is 11.6 Å². The van der Waals surface area contributed by atoms with Gasteiger partial charge in [0.25, 0.3) is 0 Å². The van der Waals surface area contributed by atoms with Crippen molar-refractivity contribution in [1.82, 2.24) is 5.32 Å². The first-order valence-electron chi connectivity index (χ1n) is 6.17. The fraction of sp³-hybridized carbons (Fsp3) is 0.357. The van der Waals surface area contributed by atoms with Gasteiger partial charge in [0.05, 0.1) is 0 Å². The highest BCUT2D eigenvalue weighted by Crippen LogP contribution is 2.25. The smallest absolute Gasteiger partial charge is 0.372 e. The van der Waals surface area contributed by atoms with Crippen LogP contribution in [-0.4, -0.2) is 29.6 Å². The van der Waals surface area contributed by atoms with Crippen molar-refractivity contribution in [2.24, 2.45) is 0 Å². The summed E-state index contributed by atoms with van der Waals surface area (Å²) in [6.45, 7) is 1.40. The number of thioether (sulfide) groups is 1. The highest BCUT2D eigenvalue weighted by Gasteiger charge is 2.18. The Balaban J connectivity index is 2.15. The van der Waals surface area contributed by atoms with E-state index in [9.17, 15) is 9.90 Å². The Hall–Kier alpha value is -1.46. The predicted molar refractivity (Wildman–Crippen MR) is 77.9 cm³/mol. The van der Waals surface area contributed by atoms with Crippen molar-refractivity contribution >= 4 is 28.7 Å². The number of hydrogen-bond acceptors (Lipinski definition) is 4. The first-order chi connectivity index (χ1) is 9.24. The number of rotatable bonds is 7. The number of hydrogen-bond donors (Lipinski definition) is 2. The number of furan rings is 1. The lowest BCUT2D eigenvalue weighted by molar-refractivity contribution is 0.0663. The van der Waals surface area contributed by atoms with Crippen LogP contribution >= 0.6 is 11.8 Å². The molecule has 0 fully saturated rings. The molecule has 2 aromatic rings. The predicted octanol–water partition coefficient (Wildman–Crippen LogP) is 2.97. The molecule has 0 spiro atoms. The molecule has 0 radical (unpaired) electrons. The number of nitrogens with one attached hydrogen (secondary N) is 1. The Morgan fingerprint density at radius 2 is 2.21 bits per heavy atom. The van der Waals surface area contributed by atoms with Crippen molar-refractivity contribution in [2.45, 2.75) is 13.0 Å². The van der Waals surface area contributed by atoms with Crippen molar-refractivity contribution in [2.75, 3.05) is 18.6 Å². The van der Waals surface area contributed by atoms with E-state index in [4.69, 9.17) is 4.42 Å². The van der Waals surface area contributed by atoms with Gasteiger partial charge in [-0.15, -0.1) is 0 Å². The molecule has 0 saturated heterocycles. The van der Waals surface area contributed by atoms with Crippen LogP contribution in [0.5, 0.6) is 0 Å². The topological polar surface area (TPSA) is 62.5 Å². The van der Waals surface area contributed by atoms with Crippen LogP contribution < -0.4 is 5.32 Å². The van der Waals surface area contributed by atoms with Crippen molar-refractivity contribution in [1.29, 1.82) is 0 Å². The third-order valence-electron chi connectivity index (χ3n) is 2.90. The van der Waals surface area contributed by atoms with Crippen molar-refractivity contribution < 1.29 is 14.3 Å². The molecule has 4 nitrogen and oxygen atoms in total. The molecular weight excluding hydrogens is 262 g/mol. The standard InChI is InChI=1S/C14H17NO3S/c1-19-8-4-7-15-9-11-10-5-2-3-6-12(10)18-13(11)14(16)17/h2-3,5-6,15H,4,7-9H2,1H3,(H,16,17). The van der Waals surface area contributed by atoms with Crippen molar-refractivity contribution in [3.63, 3.8) is 0 Å². The second kappa shape index (κ2) is 6.63. The van der Waals surface area contributed by atoms with Gasteiger partial charge in [0, 0.05) is 17.5 Å². The molecule has 0 aliphatic rings. The molecule has 0 atom stereocenters. The molecule has 102 valence electrons. The summed E-state index contributed by atoms with van der Waals surface area (Å²) in [6, 6.07) is 7.41. The molecule has 0 saturated carbocycles. The lowest BCUT2D eigenvalue weighted by atomic mass is 10.1. The van der Waals surface area contributed by atoms with Gasteiger partial charge < -0.3 is 14.8 Å². The average Bonchev–Trinajstić information content (AvgIpc) is 2.78. The minimum absolute atomic E-state index is 0.0403. The normalized spacial score (nSPS) is 11.0. The van der Waals surface area contributed by atoms with E-state index in [1.807, 2.05) is 30.0 Å². The van der Waals surface area contributed by atoms with E-state index in [1.54, 1.807) is 6.07 Å².